The minimum atomic E-state index is 0.600. The fourth-order valence-electron chi connectivity index (χ4n) is 2.22. The molecular weight excluding hydrogens is 246 g/mol. The van der Waals surface area contributed by atoms with Gasteiger partial charge in [0.05, 0.1) is 6.67 Å². The molecule has 1 aliphatic carbocycles. The Morgan fingerprint density at radius 3 is 3.11 bits per heavy atom. The lowest BCUT2D eigenvalue weighted by molar-refractivity contribution is 0.377. The topological polar surface area (TPSA) is 27.3 Å². The maximum absolute atomic E-state index is 5.89. The maximum atomic E-state index is 5.89. The Balaban J connectivity index is 1.51. The summed E-state index contributed by atoms with van der Waals surface area (Å²) in [5.41, 5.74) is 1.26. The summed E-state index contributed by atoms with van der Waals surface area (Å²) in [4.78, 5) is 2.32. The first kappa shape index (κ1) is 13.5. The normalized spacial score (nSPS) is 22.8. The molecule has 1 aliphatic heterocycles. The van der Waals surface area contributed by atoms with Crippen LogP contribution in [-0.4, -0.2) is 31.2 Å². The molecule has 0 amide bonds. The highest BCUT2D eigenvalue weighted by atomic mass is 35.5. The summed E-state index contributed by atoms with van der Waals surface area (Å²) in [7, 11) is 0. The molecule has 2 aliphatic rings. The second-order valence-electron chi connectivity index (χ2n) is 4.96. The average Bonchev–Trinajstić information content (AvgIpc) is 2.77. The molecule has 2 N–H and O–H groups in total. The standard InChI is InChI=1S/C14H22ClN3/c1-12-10-18(11-17-12)8-2-7-16-9-13-3-5-14(15)6-4-13/h3,5-6,10,13,16-17H,2,4,7-9,11H2,1H3. The molecule has 0 fully saturated rings. The summed E-state index contributed by atoms with van der Waals surface area (Å²) in [5, 5.41) is 7.69. The van der Waals surface area contributed by atoms with Crippen molar-refractivity contribution in [2.24, 2.45) is 5.92 Å². The van der Waals surface area contributed by atoms with Gasteiger partial charge < -0.3 is 15.5 Å². The predicted molar refractivity (Wildman–Crippen MR) is 77.1 cm³/mol. The lowest BCUT2D eigenvalue weighted by atomic mass is 10.0. The molecule has 0 aromatic carbocycles. The highest BCUT2D eigenvalue weighted by Gasteiger charge is 2.08. The third-order valence-electron chi connectivity index (χ3n) is 3.29. The second-order valence-corrected chi connectivity index (χ2v) is 5.40. The van der Waals surface area contributed by atoms with Gasteiger partial charge in [0.25, 0.3) is 0 Å². The van der Waals surface area contributed by atoms with Gasteiger partial charge in [0.2, 0.25) is 0 Å². The van der Waals surface area contributed by atoms with Crippen molar-refractivity contribution in [1.29, 1.82) is 0 Å². The Hall–Kier alpha value is -0.930. The van der Waals surface area contributed by atoms with Gasteiger partial charge in [0, 0.05) is 30.0 Å². The van der Waals surface area contributed by atoms with E-state index < -0.39 is 0 Å². The molecule has 1 heterocycles. The van der Waals surface area contributed by atoms with Crippen molar-refractivity contribution in [1.82, 2.24) is 15.5 Å². The fraction of sp³-hybridized carbons (Fsp3) is 0.571. The molecule has 4 heteroatoms. The van der Waals surface area contributed by atoms with Crippen molar-refractivity contribution in [3.05, 3.63) is 35.2 Å². The van der Waals surface area contributed by atoms with Crippen LogP contribution in [-0.2, 0) is 0 Å². The molecule has 1 atom stereocenters. The van der Waals surface area contributed by atoms with Gasteiger partial charge in [0.15, 0.2) is 0 Å². The molecule has 0 bridgehead atoms. The molecule has 0 saturated heterocycles. The van der Waals surface area contributed by atoms with Gasteiger partial charge in [-0.25, -0.2) is 0 Å². The van der Waals surface area contributed by atoms with E-state index in [-0.39, 0.29) is 0 Å². The Bertz CT molecular complexity index is 360. The molecule has 0 spiro atoms. The van der Waals surface area contributed by atoms with Crippen molar-refractivity contribution < 1.29 is 0 Å². The van der Waals surface area contributed by atoms with E-state index in [1.807, 2.05) is 6.08 Å². The van der Waals surface area contributed by atoms with E-state index in [4.69, 9.17) is 11.6 Å². The molecule has 0 saturated carbocycles. The van der Waals surface area contributed by atoms with Crippen molar-refractivity contribution >= 4 is 11.6 Å². The van der Waals surface area contributed by atoms with Crippen LogP contribution in [0.3, 0.4) is 0 Å². The molecule has 2 rings (SSSR count). The number of hydrogen-bond acceptors (Lipinski definition) is 3. The number of allylic oxidation sites excluding steroid dienone is 4. The monoisotopic (exact) mass is 267 g/mol. The Kier molecular flexibility index (Phi) is 5.14. The quantitative estimate of drug-likeness (QED) is 0.724. The molecule has 100 valence electrons. The number of halogens is 1. The molecule has 18 heavy (non-hydrogen) atoms. The number of hydrogen-bond donors (Lipinski definition) is 2. The van der Waals surface area contributed by atoms with Crippen molar-refractivity contribution in [2.75, 3.05) is 26.3 Å². The van der Waals surface area contributed by atoms with Crippen LogP contribution in [0.25, 0.3) is 0 Å². The summed E-state index contributed by atoms with van der Waals surface area (Å²) in [6.45, 7) is 6.30. The Morgan fingerprint density at radius 1 is 1.56 bits per heavy atom. The zero-order chi connectivity index (χ0) is 12.8. The maximum Gasteiger partial charge on any atom is 0.0869 e. The number of nitrogens with one attached hydrogen (secondary N) is 2. The van der Waals surface area contributed by atoms with E-state index in [9.17, 15) is 0 Å². The van der Waals surface area contributed by atoms with Gasteiger partial charge in [-0.05, 0) is 38.3 Å². The predicted octanol–water partition coefficient (Wildman–Crippen LogP) is 2.39. The van der Waals surface area contributed by atoms with E-state index in [1.54, 1.807) is 0 Å². The Labute approximate surface area is 115 Å². The third-order valence-corrected chi connectivity index (χ3v) is 3.57. The van der Waals surface area contributed by atoms with Crippen LogP contribution in [0.1, 0.15) is 19.8 Å². The third kappa shape index (κ3) is 4.39. The van der Waals surface area contributed by atoms with Crippen LogP contribution >= 0.6 is 11.6 Å². The number of nitrogens with zero attached hydrogens (tertiary/aromatic N) is 1. The van der Waals surface area contributed by atoms with Gasteiger partial charge in [-0.3, -0.25) is 0 Å². The van der Waals surface area contributed by atoms with Crippen molar-refractivity contribution in [3.63, 3.8) is 0 Å². The molecule has 0 aromatic rings. The van der Waals surface area contributed by atoms with Crippen molar-refractivity contribution in [3.8, 4) is 0 Å². The lowest BCUT2D eigenvalue weighted by Crippen LogP contribution is -2.27. The fourth-order valence-corrected chi connectivity index (χ4v) is 2.38. The number of rotatable bonds is 6. The van der Waals surface area contributed by atoms with Gasteiger partial charge in [0.1, 0.15) is 0 Å². The first-order valence-corrected chi connectivity index (χ1v) is 7.03. The molecule has 3 nitrogen and oxygen atoms in total. The van der Waals surface area contributed by atoms with Crippen LogP contribution in [0.2, 0.25) is 0 Å². The minimum absolute atomic E-state index is 0.600. The highest BCUT2D eigenvalue weighted by molar-refractivity contribution is 6.31. The zero-order valence-corrected chi connectivity index (χ0v) is 11.7. The first-order chi connectivity index (χ1) is 8.74. The van der Waals surface area contributed by atoms with E-state index in [2.05, 4.69) is 40.8 Å². The molecule has 1 unspecified atom stereocenters. The van der Waals surface area contributed by atoms with Crippen LogP contribution in [0.15, 0.2) is 35.2 Å². The van der Waals surface area contributed by atoms with Gasteiger partial charge >= 0.3 is 0 Å². The second kappa shape index (κ2) is 6.86. The van der Waals surface area contributed by atoms with E-state index in [0.717, 1.165) is 37.8 Å². The van der Waals surface area contributed by atoms with Crippen LogP contribution in [0.5, 0.6) is 0 Å². The first-order valence-electron chi connectivity index (χ1n) is 6.65. The Morgan fingerprint density at radius 2 is 2.44 bits per heavy atom. The molecule has 0 radical (unpaired) electrons. The van der Waals surface area contributed by atoms with E-state index >= 15 is 0 Å². The van der Waals surface area contributed by atoms with Crippen LogP contribution in [0.4, 0.5) is 0 Å². The molecular formula is C14H22ClN3. The van der Waals surface area contributed by atoms with E-state index in [1.165, 1.54) is 12.1 Å². The van der Waals surface area contributed by atoms with Gasteiger partial charge in [-0.1, -0.05) is 23.8 Å². The average molecular weight is 268 g/mol. The SMILES string of the molecule is CC1=CN(CCCNCC2C=CC(Cl)=CC2)CN1. The van der Waals surface area contributed by atoms with Gasteiger partial charge in [-0.2, -0.15) is 0 Å². The smallest absolute Gasteiger partial charge is 0.0869 e. The summed E-state index contributed by atoms with van der Waals surface area (Å²) in [6.07, 6.45) is 10.7. The minimum Gasteiger partial charge on any atom is -0.370 e. The summed E-state index contributed by atoms with van der Waals surface area (Å²) in [5.74, 6) is 0.600. The zero-order valence-electron chi connectivity index (χ0n) is 11.0. The lowest BCUT2D eigenvalue weighted by Gasteiger charge is -2.17. The highest BCUT2D eigenvalue weighted by Crippen LogP contribution is 2.17. The summed E-state index contributed by atoms with van der Waals surface area (Å²) in [6, 6.07) is 0. The summed E-state index contributed by atoms with van der Waals surface area (Å²) < 4.78 is 0. The van der Waals surface area contributed by atoms with Crippen LogP contribution < -0.4 is 10.6 Å². The largest absolute Gasteiger partial charge is 0.370 e. The van der Waals surface area contributed by atoms with E-state index in [0.29, 0.717) is 5.92 Å². The summed E-state index contributed by atoms with van der Waals surface area (Å²) >= 11 is 5.89. The van der Waals surface area contributed by atoms with Crippen LogP contribution in [0, 0.1) is 5.92 Å². The van der Waals surface area contributed by atoms with Gasteiger partial charge in [-0.15, -0.1) is 0 Å². The molecule has 0 aromatic heterocycles. The van der Waals surface area contributed by atoms with Crippen molar-refractivity contribution in [2.45, 2.75) is 19.8 Å².